The highest BCUT2D eigenvalue weighted by Crippen LogP contribution is 2.28. The van der Waals surface area contributed by atoms with Crippen molar-refractivity contribution in [3.05, 3.63) is 63.9 Å². The highest BCUT2D eigenvalue weighted by atomic mass is 35.5. The van der Waals surface area contributed by atoms with Crippen molar-refractivity contribution in [2.24, 2.45) is 0 Å². The minimum absolute atomic E-state index is 0.0223. The molecule has 150 valence electrons. The molecule has 1 amide bonds. The molecule has 0 N–H and O–H groups in total. The van der Waals surface area contributed by atoms with E-state index in [1.54, 1.807) is 24.3 Å². The van der Waals surface area contributed by atoms with Gasteiger partial charge in [-0.25, -0.2) is 12.8 Å². The second-order valence-electron chi connectivity index (χ2n) is 6.57. The summed E-state index contributed by atoms with van der Waals surface area (Å²) in [4.78, 5) is 14.3. The lowest BCUT2D eigenvalue weighted by molar-refractivity contribution is -0.136. The normalized spacial score (nSPS) is 18.0. The van der Waals surface area contributed by atoms with Crippen molar-refractivity contribution in [3.8, 4) is 5.75 Å². The van der Waals surface area contributed by atoms with Crippen LogP contribution in [0.3, 0.4) is 0 Å². The minimum Gasteiger partial charge on any atom is -0.482 e. The molecule has 0 unspecified atom stereocenters. The third-order valence-electron chi connectivity index (χ3n) is 4.46. The summed E-state index contributed by atoms with van der Waals surface area (Å²) < 4.78 is 42.8. The highest BCUT2D eigenvalue weighted by Gasteiger charge is 2.34. The van der Waals surface area contributed by atoms with Crippen LogP contribution < -0.4 is 4.74 Å². The zero-order valence-electron chi connectivity index (χ0n) is 14.8. The van der Waals surface area contributed by atoms with E-state index in [1.165, 1.54) is 23.1 Å². The first kappa shape index (κ1) is 20.9. The standard InChI is InChI=1S/C19H18Cl2FNO4S/c20-14-4-5-18(17(21)9-14)27-11-19(24)23(16-6-7-28(25,26)12-16)10-13-2-1-3-15(22)8-13/h1-5,8-9,16H,6-7,10-12H2/t16-/m0/s1. The summed E-state index contributed by atoms with van der Waals surface area (Å²) in [6, 6.07) is 10.0. The van der Waals surface area contributed by atoms with Crippen molar-refractivity contribution in [1.29, 1.82) is 0 Å². The molecule has 0 bridgehead atoms. The Morgan fingerprint density at radius 3 is 2.64 bits per heavy atom. The summed E-state index contributed by atoms with van der Waals surface area (Å²) in [6.45, 7) is -0.234. The molecule has 1 aliphatic heterocycles. The lowest BCUT2D eigenvalue weighted by atomic mass is 10.1. The van der Waals surface area contributed by atoms with Crippen LogP contribution in [0, 0.1) is 5.82 Å². The Labute approximate surface area is 172 Å². The van der Waals surface area contributed by atoms with E-state index in [0.29, 0.717) is 22.8 Å². The number of sulfone groups is 1. The van der Waals surface area contributed by atoms with Gasteiger partial charge in [0.25, 0.3) is 5.91 Å². The molecule has 0 saturated carbocycles. The molecule has 1 atom stereocenters. The first-order valence-corrected chi connectivity index (χ1v) is 11.1. The van der Waals surface area contributed by atoms with Crippen LogP contribution in [0.25, 0.3) is 0 Å². The summed E-state index contributed by atoms with van der Waals surface area (Å²) in [5.41, 5.74) is 0.571. The molecule has 0 aliphatic carbocycles. The number of hydrogen-bond donors (Lipinski definition) is 0. The Balaban J connectivity index is 1.76. The van der Waals surface area contributed by atoms with Gasteiger partial charge in [0.1, 0.15) is 11.6 Å². The third kappa shape index (κ3) is 5.37. The van der Waals surface area contributed by atoms with Crippen LogP contribution in [0.2, 0.25) is 10.0 Å². The van der Waals surface area contributed by atoms with Crippen molar-refractivity contribution in [2.45, 2.75) is 19.0 Å². The van der Waals surface area contributed by atoms with Crippen LogP contribution in [-0.4, -0.2) is 43.4 Å². The van der Waals surface area contributed by atoms with Crippen molar-refractivity contribution >= 4 is 38.9 Å². The number of rotatable bonds is 6. The Hall–Kier alpha value is -1.83. The van der Waals surface area contributed by atoms with Crippen LogP contribution >= 0.6 is 23.2 Å². The molecule has 1 aliphatic rings. The van der Waals surface area contributed by atoms with E-state index in [-0.39, 0.29) is 29.7 Å². The van der Waals surface area contributed by atoms with Crippen LogP contribution in [0.5, 0.6) is 5.75 Å². The Kier molecular flexibility index (Phi) is 6.47. The quantitative estimate of drug-likeness (QED) is 0.679. The van der Waals surface area contributed by atoms with Crippen LogP contribution in [0.4, 0.5) is 4.39 Å². The predicted octanol–water partition coefficient (Wildman–Crippen LogP) is 3.73. The van der Waals surface area contributed by atoms with Gasteiger partial charge in [-0.3, -0.25) is 4.79 Å². The first-order valence-electron chi connectivity index (χ1n) is 8.56. The molecule has 1 saturated heterocycles. The number of carbonyl (C=O) groups excluding carboxylic acids is 1. The number of benzene rings is 2. The molecular formula is C19H18Cl2FNO4S. The van der Waals surface area contributed by atoms with E-state index < -0.39 is 27.6 Å². The molecule has 1 fully saturated rings. The lowest BCUT2D eigenvalue weighted by Crippen LogP contribution is -2.43. The van der Waals surface area contributed by atoms with E-state index in [1.807, 2.05) is 0 Å². The maximum absolute atomic E-state index is 13.5. The molecule has 2 aromatic rings. The second-order valence-corrected chi connectivity index (χ2v) is 9.64. The van der Waals surface area contributed by atoms with Gasteiger partial charge in [0.15, 0.2) is 16.4 Å². The number of hydrogen-bond acceptors (Lipinski definition) is 4. The van der Waals surface area contributed by atoms with Gasteiger partial charge >= 0.3 is 0 Å². The zero-order valence-corrected chi connectivity index (χ0v) is 17.1. The van der Waals surface area contributed by atoms with Gasteiger partial charge in [-0.2, -0.15) is 0 Å². The van der Waals surface area contributed by atoms with Gasteiger partial charge in [0.2, 0.25) is 0 Å². The Morgan fingerprint density at radius 1 is 1.21 bits per heavy atom. The van der Waals surface area contributed by atoms with Gasteiger partial charge in [0, 0.05) is 17.6 Å². The fourth-order valence-electron chi connectivity index (χ4n) is 3.09. The van der Waals surface area contributed by atoms with Crippen molar-refractivity contribution in [3.63, 3.8) is 0 Å². The van der Waals surface area contributed by atoms with E-state index in [0.717, 1.165) is 0 Å². The molecule has 1 heterocycles. The van der Waals surface area contributed by atoms with E-state index in [9.17, 15) is 17.6 Å². The number of amides is 1. The largest absolute Gasteiger partial charge is 0.482 e. The van der Waals surface area contributed by atoms with Gasteiger partial charge in [-0.1, -0.05) is 35.3 Å². The molecule has 0 aromatic heterocycles. The molecule has 0 radical (unpaired) electrons. The Bertz CT molecular complexity index is 984. The number of halogens is 3. The van der Waals surface area contributed by atoms with Gasteiger partial charge < -0.3 is 9.64 Å². The number of carbonyl (C=O) groups is 1. The smallest absolute Gasteiger partial charge is 0.261 e. The van der Waals surface area contributed by atoms with Gasteiger partial charge in [0.05, 0.1) is 16.5 Å². The Morgan fingerprint density at radius 2 is 2.00 bits per heavy atom. The predicted molar refractivity (Wildman–Crippen MR) is 106 cm³/mol. The summed E-state index contributed by atoms with van der Waals surface area (Å²) >= 11 is 11.9. The minimum atomic E-state index is -3.20. The van der Waals surface area contributed by atoms with E-state index in [4.69, 9.17) is 27.9 Å². The maximum Gasteiger partial charge on any atom is 0.261 e. The molecule has 3 rings (SSSR count). The summed E-state index contributed by atoms with van der Waals surface area (Å²) in [5, 5.41) is 0.702. The average molecular weight is 446 g/mol. The first-order chi connectivity index (χ1) is 13.2. The SMILES string of the molecule is O=C(COc1ccc(Cl)cc1Cl)N(Cc1cccc(F)c1)[C@H]1CCS(=O)(=O)C1. The van der Waals surface area contributed by atoms with Gasteiger partial charge in [-0.05, 0) is 42.3 Å². The van der Waals surface area contributed by atoms with E-state index >= 15 is 0 Å². The summed E-state index contributed by atoms with van der Waals surface area (Å²) in [5.74, 6) is -0.626. The number of ether oxygens (including phenoxy) is 1. The molecule has 0 spiro atoms. The monoisotopic (exact) mass is 445 g/mol. The van der Waals surface area contributed by atoms with E-state index in [2.05, 4.69) is 0 Å². The molecule has 2 aromatic carbocycles. The maximum atomic E-state index is 13.5. The van der Waals surface area contributed by atoms with Crippen LogP contribution in [0.1, 0.15) is 12.0 Å². The fraction of sp³-hybridized carbons (Fsp3) is 0.316. The summed E-state index contributed by atoms with van der Waals surface area (Å²) in [7, 11) is -3.20. The zero-order chi connectivity index (χ0) is 20.3. The van der Waals surface area contributed by atoms with Crippen LogP contribution in [-0.2, 0) is 21.2 Å². The average Bonchev–Trinajstić information content (AvgIpc) is 2.98. The second kappa shape index (κ2) is 8.68. The van der Waals surface area contributed by atoms with Crippen molar-refractivity contribution in [2.75, 3.05) is 18.1 Å². The fourth-order valence-corrected chi connectivity index (χ4v) is 5.28. The molecular weight excluding hydrogens is 428 g/mol. The molecule has 28 heavy (non-hydrogen) atoms. The molecule has 9 heteroatoms. The topological polar surface area (TPSA) is 63.7 Å². The van der Waals surface area contributed by atoms with Crippen molar-refractivity contribution in [1.82, 2.24) is 4.90 Å². The molecule has 5 nitrogen and oxygen atoms in total. The van der Waals surface area contributed by atoms with Crippen LogP contribution in [0.15, 0.2) is 42.5 Å². The highest BCUT2D eigenvalue weighted by molar-refractivity contribution is 7.91. The van der Waals surface area contributed by atoms with Gasteiger partial charge in [-0.15, -0.1) is 0 Å². The number of nitrogens with zero attached hydrogens (tertiary/aromatic N) is 1. The lowest BCUT2D eigenvalue weighted by Gasteiger charge is -2.28. The summed E-state index contributed by atoms with van der Waals surface area (Å²) in [6.07, 6.45) is 0.338. The van der Waals surface area contributed by atoms with Crippen molar-refractivity contribution < 1.29 is 22.3 Å². The third-order valence-corrected chi connectivity index (χ3v) is 6.74.